The molecule has 50 heavy (non-hydrogen) atoms. The Balaban J connectivity index is 2.03. The Hall–Kier alpha value is -3.14. The van der Waals surface area contributed by atoms with Crippen LogP contribution in [0, 0.1) is 0 Å². The molecule has 3 atom stereocenters. The van der Waals surface area contributed by atoms with Gasteiger partial charge in [0.25, 0.3) is 11.8 Å². The Morgan fingerprint density at radius 2 is 1.82 bits per heavy atom. The number of methoxy groups -OCH3 is 1. The first-order valence-corrected chi connectivity index (χ1v) is 17.2. The van der Waals surface area contributed by atoms with Crippen molar-refractivity contribution in [1.29, 1.82) is 0 Å². The topological polar surface area (TPSA) is 127 Å². The largest absolute Gasteiger partial charge is 0.473 e. The molecular weight excluding hydrogens is 663 g/mol. The molecule has 1 aromatic carbocycles. The van der Waals surface area contributed by atoms with Crippen LogP contribution in [0.2, 0.25) is 0 Å². The zero-order chi connectivity index (χ0) is 37.4. The first kappa shape index (κ1) is 41.3. The zero-order valence-electron chi connectivity index (χ0n) is 30.6. The van der Waals surface area contributed by atoms with E-state index in [0.717, 1.165) is 12.1 Å². The van der Waals surface area contributed by atoms with E-state index in [4.69, 9.17) is 23.7 Å². The molecule has 12 nitrogen and oxygen atoms in total. The van der Waals surface area contributed by atoms with Crippen LogP contribution in [0.5, 0.6) is 5.75 Å². The maximum Gasteiger partial charge on any atom is 0.417 e. The van der Waals surface area contributed by atoms with Gasteiger partial charge in [0.1, 0.15) is 17.5 Å². The maximum atomic E-state index is 14.8. The average molecular weight is 718 g/mol. The number of halogens is 3. The molecule has 0 aromatic heterocycles. The summed E-state index contributed by atoms with van der Waals surface area (Å²) < 4.78 is 71.9. The van der Waals surface area contributed by atoms with Gasteiger partial charge < -0.3 is 43.5 Å². The molecule has 0 radical (unpaired) electrons. The lowest BCUT2D eigenvalue weighted by molar-refractivity contribution is -0.142. The number of anilines is 1. The highest BCUT2D eigenvalue weighted by Crippen LogP contribution is 2.45. The van der Waals surface area contributed by atoms with E-state index in [9.17, 15) is 32.7 Å². The van der Waals surface area contributed by atoms with Crippen LogP contribution in [0.25, 0.3) is 0 Å². The quantitative estimate of drug-likeness (QED) is 0.241. The Morgan fingerprint density at radius 3 is 2.42 bits per heavy atom. The number of aliphatic hydroxyl groups excluding tert-OH is 1. The molecule has 0 spiro atoms. The van der Waals surface area contributed by atoms with Gasteiger partial charge in [-0.05, 0) is 86.3 Å². The molecule has 2 unspecified atom stereocenters. The summed E-state index contributed by atoms with van der Waals surface area (Å²) in [4.78, 5) is 45.4. The van der Waals surface area contributed by atoms with Crippen LogP contribution >= 0.6 is 0 Å². The van der Waals surface area contributed by atoms with E-state index in [2.05, 4.69) is 0 Å². The number of hydrogen-bond acceptors (Lipinski definition) is 9. The molecule has 0 bridgehead atoms. The number of unbranched alkanes of at least 4 members (excludes halogenated alkanes) is 1. The van der Waals surface area contributed by atoms with Gasteiger partial charge in [-0.3, -0.25) is 9.59 Å². The third-order valence-electron chi connectivity index (χ3n) is 8.37. The summed E-state index contributed by atoms with van der Waals surface area (Å²) in [5.41, 5.74) is -4.29. The number of piperidine rings is 1. The zero-order valence-corrected chi connectivity index (χ0v) is 30.6. The predicted molar refractivity (Wildman–Crippen MR) is 179 cm³/mol. The van der Waals surface area contributed by atoms with Crippen LogP contribution in [0.3, 0.4) is 0 Å². The van der Waals surface area contributed by atoms with Gasteiger partial charge in [-0.2, -0.15) is 13.2 Å². The molecule has 1 fully saturated rings. The van der Waals surface area contributed by atoms with Crippen molar-refractivity contribution < 1.29 is 56.3 Å². The highest BCUT2D eigenvalue weighted by Gasteiger charge is 2.48. The minimum absolute atomic E-state index is 0.00944. The molecule has 1 aromatic rings. The Morgan fingerprint density at radius 1 is 1.14 bits per heavy atom. The van der Waals surface area contributed by atoms with Crippen molar-refractivity contribution in [1.82, 2.24) is 9.80 Å². The minimum Gasteiger partial charge on any atom is -0.473 e. The number of benzene rings is 1. The van der Waals surface area contributed by atoms with E-state index in [1.165, 1.54) is 21.6 Å². The summed E-state index contributed by atoms with van der Waals surface area (Å²) in [6.45, 7) is 12.7. The lowest BCUT2D eigenvalue weighted by atomic mass is 9.96. The second-order valence-electron chi connectivity index (χ2n) is 14.2. The molecule has 0 saturated carbocycles. The highest BCUT2D eigenvalue weighted by atomic mass is 19.4. The molecule has 2 aliphatic heterocycles. The van der Waals surface area contributed by atoms with Crippen LogP contribution in [-0.2, 0) is 29.9 Å². The number of aliphatic hydroxyl groups is 1. The SMILES string of the molecule is CCOCC(O)COCC1(C)Oc2cc(C(F)(F)F)c(C(=O)N(C(C)C)[C@@H]3CCCN(C(=O)OC(C)(C)C)C3)cc2N(CCCCOC)C1=O. The summed E-state index contributed by atoms with van der Waals surface area (Å²) in [7, 11) is 1.54. The van der Waals surface area contributed by atoms with Gasteiger partial charge in [0.15, 0.2) is 0 Å². The molecule has 284 valence electrons. The molecule has 3 amide bonds. The lowest BCUT2D eigenvalue weighted by Crippen LogP contribution is -2.57. The van der Waals surface area contributed by atoms with Crippen LogP contribution in [-0.4, -0.2) is 122 Å². The van der Waals surface area contributed by atoms with Crippen molar-refractivity contribution in [2.75, 3.05) is 64.7 Å². The summed E-state index contributed by atoms with van der Waals surface area (Å²) in [6, 6.07) is 0.753. The van der Waals surface area contributed by atoms with Gasteiger partial charge in [0.05, 0.1) is 42.7 Å². The number of ether oxygens (including phenoxy) is 5. The summed E-state index contributed by atoms with van der Waals surface area (Å²) in [5.74, 6) is -1.68. The van der Waals surface area contributed by atoms with Gasteiger partial charge in [-0.25, -0.2) is 4.79 Å². The summed E-state index contributed by atoms with van der Waals surface area (Å²) in [6.07, 6.45) is -4.48. The second-order valence-corrected chi connectivity index (χ2v) is 14.2. The molecular formula is C35H54F3N3O9. The number of likely N-dealkylation sites (tertiary alicyclic amines) is 1. The standard InChI is InChI=1S/C35H54F3N3O9/c1-9-47-20-25(42)21-48-22-34(7)31(44)40(15-10-11-16-46-8)28-17-26(27(35(36,37)38)18-29(28)49-34)30(43)41(23(2)3)24-13-12-14-39(19-24)32(45)50-33(4,5)6/h17-18,23-25,42H,9-16,19-22H2,1-8H3/t24-,25?,34?/m1/s1. The number of fused-ring (bicyclic) bond motifs is 1. The molecule has 2 heterocycles. The van der Waals surface area contributed by atoms with Gasteiger partial charge in [0.2, 0.25) is 5.60 Å². The predicted octanol–water partition coefficient (Wildman–Crippen LogP) is 5.28. The smallest absolute Gasteiger partial charge is 0.417 e. The monoisotopic (exact) mass is 717 g/mol. The van der Waals surface area contributed by atoms with Crippen molar-refractivity contribution >= 4 is 23.6 Å². The number of nitrogens with zero attached hydrogens (tertiary/aromatic N) is 3. The Kier molecular flexibility index (Phi) is 14.4. The normalized spacial score (nSPS) is 20.4. The van der Waals surface area contributed by atoms with Crippen LogP contribution < -0.4 is 9.64 Å². The molecule has 1 N–H and O–H groups in total. The van der Waals surface area contributed by atoms with E-state index >= 15 is 0 Å². The van der Waals surface area contributed by atoms with Crippen molar-refractivity contribution in [2.45, 2.75) is 110 Å². The molecule has 15 heteroatoms. The third-order valence-corrected chi connectivity index (χ3v) is 8.37. The van der Waals surface area contributed by atoms with E-state index in [0.29, 0.717) is 45.4 Å². The number of rotatable bonds is 15. The van der Waals surface area contributed by atoms with Gasteiger partial charge in [-0.15, -0.1) is 0 Å². The fraction of sp³-hybridized carbons (Fsp3) is 0.743. The molecule has 3 rings (SSSR count). The first-order chi connectivity index (χ1) is 23.3. The Labute approximate surface area is 293 Å². The third kappa shape index (κ3) is 10.7. The van der Waals surface area contributed by atoms with E-state index in [1.54, 1.807) is 48.7 Å². The fourth-order valence-electron chi connectivity index (χ4n) is 6.11. The molecule has 1 saturated heterocycles. The average Bonchev–Trinajstić information content (AvgIpc) is 3.02. The van der Waals surface area contributed by atoms with E-state index in [1.807, 2.05) is 0 Å². The minimum atomic E-state index is -4.96. The second kappa shape index (κ2) is 17.4. The summed E-state index contributed by atoms with van der Waals surface area (Å²) in [5, 5.41) is 10.1. The maximum absolute atomic E-state index is 14.8. The van der Waals surface area contributed by atoms with Crippen LogP contribution in [0.4, 0.5) is 23.7 Å². The van der Waals surface area contributed by atoms with Crippen molar-refractivity contribution in [2.24, 2.45) is 0 Å². The molecule has 2 aliphatic rings. The van der Waals surface area contributed by atoms with Crippen molar-refractivity contribution in [3.8, 4) is 5.75 Å². The van der Waals surface area contributed by atoms with Crippen molar-refractivity contribution in [3.05, 3.63) is 23.3 Å². The molecule has 0 aliphatic carbocycles. The number of amides is 3. The van der Waals surface area contributed by atoms with Crippen molar-refractivity contribution in [3.63, 3.8) is 0 Å². The van der Waals surface area contributed by atoms with E-state index < -0.39 is 64.6 Å². The van der Waals surface area contributed by atoms with Gasteiger partial charge >= 0.3 is 12.3 Å². The number of carbonyl (C=O) groups excluding carboxylic acids is 3. The lowest BCUT2D eigenvalue weighted by Gasteiger charge is -2.43. The first-order valence-electron chi connectivity index (χ1n) is 17.2. The number of alkyl halides is 3. The van der Waals surface area contributed by atoms with E-state index in [-0.39, 0.29) is 44.3 Å². The van der Waals surface area contributed by atoms with Crippen LogP contribution in [0.15, 0.2) is 12.1 Å². The fourth-order valence-corrected chi connectivity index (χ4v) is 6.11. The Bertz CT molecular complexity index is 1320. The highest BCUT2D eigenvalue weighted by molar-refractivity contribution is 6.05. The van der Waals surface area contributed by atoms with Gasteiger partial charge in [0, 0.05) is 46.0 Å². The number of hydrogen-bond donors (Lipinski definition) is 1. The van der Waals surface area contributed by atoms with Crippen LogP contribution in [0.1, 0.15) is 90.1 Å². The van der Waals surface area contributed by atoms with Gasteiger partial charge in [-0.1, -0.05) is 0 Å². The number of carbonyl (C=O) groups is 3. The summed E-state index contributed by atoms with van der Waals surface area (Å²) >= 11 is 0.